The third-order valence-corrected chi connectivity index (χ3v) is 3.85. The molecule has 1 heterocycles. The molecule has 2 aromatic carbocycles. The molecule has 1 aromatic heterocycles. The number of aromatic nitrogens is 3. The molecular weight excluding hydrogens is 319 g/mol. The predicted molar refractivity (Wildman–Crippen MR) is 94.5 cm³/mol. The Morgan fingerprint density at radius 1 is 1.16 bits per heavy atom. The van der Waals surface area contributed by atoms with Crippen molar-refractivity contribution in [1.82, 2.24) is 14.8 Å². The van der Waals surface area contributed by atoms with Crippen LogP contribution in [0.3, 0.4) is 0 Å². The Kier molecular flexibility index (Phi) is 4.61. The Morgan fingerprint density at radius 3 is 2.56 bits per heavy atom. The molecule has 3 rings (SSSR count). The molecule has 1 amide bonds. The van der Waals surface area contributed by atoms with Gasteiger partial charge < -0.3 is 5.32 Å². The van der Waals surface area contributed by atoms with Crippen LogP contribution in [0.1, 0.15) is 41.8 Å². The lowest BCUT2D eigenvalue weighted by molar-refractivity contribution is 0.101. The van der Waals surface area contributed by atoms with Crippen molar-refractivity contribution in [3.05, 3.63) is 71.6 Å². The zero-order chi connectivity index (χ0) is 18.0. The minimum Gasteiger partial charge on any atom is -0.319 e. The van der Waals surface area contributed by atoms with Crippen LogP contribution >= 0.6 is 0 Å². The normalized spacial score (nSPS) is 10.9. The highest BCUT2D eigenvalue weighted by Gasteiger charge is 2.16. The predicted octanol–water partition coefficient (Wildman–Crippen LogP) is 4.09. The quantitative estimate of drug-likeness (QED) is 0.779. The van der Waals surface area contributed by atoms with Gasteiger partial charge in [0.25, 0.3) is 5.91 Å². The van der Waals surface area contributed by atoms with Crippen molar-refractivity contribution in [2.24, 2.45) is 0 Å². The van der Waals surface area contributed by atoms with Gasteiger partial charge in [0.05, 0.1) is 5.69 Å². The van der Waals surface area contributed by atoms with Gasteiger partial charge in [-0.15, -0.1) is 5.10 Å². The molecule has 0 aliphatic rings. The summed E-state index contributed by atoms with van der Waals surface area (Å²) in [6.07, 6.45) is 0. The van der Waals surface area contributed by atoms with E-state index in [4.69, 9.17) is 0 Å². The second-order valence-electron chi connectivity index (χ2n) is 6.11. The minimum absolute atomic E-state index is 0.0665. The summed E-state index contributed by atoms with van der Waals surface area (Å²) in [5.74, 6) is 0.272. The van der Waals surface area contributed by atoms with Crippen LogP contribution in [0, 0.1) is 12.7 Å². The lowest BCUT2D eigenvalue weighted by atomic mass is 10.0. The Morgan fingerprint density at radius 2 is 1.88 bits per heavy atom. The maximum Gasteiger partial charge on any atom is 0.295 e. The van der Waals surface area contributed by atoms with E-state index in [1.807, 2.05) is 24.3 Å². The van der Waals surface area contributed by atoms with Crippen molar-refractivity contribution in [3.8, 4) is 5.69 Å². The van der Waals surface area contributed by atoms with Gasteiger partial charge in [0.15, 0.2) is 0 Å². The number of aryl methyl sites for hydroxylation is 1. The highest BCUT2D eigenvalue weighted by molar-refractivity contribution is 6.01. The average Bonchev–Trinajstić information content (AvgIpc) is 2.98. The summed E-state index contributed by atoms with van der Waals surface area (Å²) < 4.78 is 14.6. The highest BCUT2D eigenvalue weighted by atomic mass is 19.1. The van der Waals surface area contributed by atoms with Crippen LogP contribution in [0.4, 0.5) is 10.1 Å². The second-order valence-corrected chi connectivity index (χ2v) is 6.11. The van der Waals surface area contributed by atoms with Gasteiger partial charge in [0, 0.05) is 5.69 Å². The van der Waals surface area contributed by atoms with Crippen molar-refractivity contribution < 1.29 is 9.18 Å². The molecule has 3 aromatic rings. The van der Waals surface area contributed by atoms with Crippen LogP contribution < -0.4 is 5.32 Å². The van der Waals surface area contributed by atoms with Crippen molar-refractivity contribution in [1.29, 1.82) is 0 Å². The number of carbonyl (C=O) groups is 1. The Hall–Kier alpha value is -3.02. The van der Waals surface area contributed by atoms with Crippen LogP contribution in [0.15, 0.2) is 48.5 Å². The zero-order valence-electron chi connectivity index (χ0n) is 14.3. The molecule has 128 valence electrons. The fourth-order valence-corrected chi connectivity index (χ4v) is 2.48. The van der Waals surface area contributed by atoms with Gasteiger partial charge in [0.2, 0.25) is 5.82 Å². The van der Waals surface area contributed by atoms with E-state index in [0.717, 1.165) is 5.56 Å². The number of halogens is 1. The van der Waals surface area contributed by atoms with Gasteiger partial charge in [0.1, 0.15) is 11.6 Å². The number of carbonyl (C=O) groups excluding carboxylic acids is 1. The van der Waals surface area contributed by atoms with E-state index in [1.54, 1.807) is 19.1 Å². The van der Waals surface area contributed by atoms with E-state index in [0.29, 0.717) is 23.1 Å². The SMILES string of the molecule is Cc1nc(C(=O)Nc2cccc(C(C)C)c2)nn1-c1ccc(F)cc1. The maximum atomic E-state index is 13.1. The number of benzene rings is 2. The van der Waals surface area contributed by atoms with E-state index in [1.165, 1.54) is 16.8 Å². The first-order valence-corrected chi connectivity index (χ1v) is 8.05. The van der Waals surface area contributed by atoms with Crippen LogP contribution in [0.2, 0.25) is 0 Å². The monoisotopic (exact) mass is 338 g/mol. The molecule has 0 fully saturated rings. The van der Waals surface area contributed by atoms with Gasteiger partial charge in [-0.25, -0.2) is 14.1 Å². The molecule has 0 radical (unpaired) electrons. The van der Waals surface area contributed by atoms with Crippen LogP contribution in [0.25, 0.3) is 5.69 Å². The number of nitrogens with zero attached hydrogens (tertiary/aromatic N) is 3. The second kappa shape index (κ2) is 6.84. The van der Waals surface area contributed by atoms with Crippen molar-refractivity contribution in [2.75, 3.05) is 5.32 Å². The lowest BCUT2D eigenvalue weighted by Gasteiger charge is -2.08. The number of nitrogens with one attached hydrogen (secondary N) is 1. The number of anilines is 1. The maximum absolute atomic E-state index is 13.1. The molecule has 25 heavy (non-hydrogen) atoms. The fourth-order valence-electron chi connectivity index (χ4n) is 2.48. The van der Waals surface area contributed by atoms with Gasteiger partial charge in [-0.1, -0.05) is 26.0 Å². The summed E-state index contributed by atoms with van der Waals surface area (Å²) >= 11 is 0. The Labute approximate surface area is 145 Å². The van der Waals surface area contributed by atoms with Gasteiger partial charge in [-0.2, -0.15) is 0 Å². The number of rotatable bonds is 4. The summed E-state index contributed by atoms with van der Waals surface area (Å²) in [5, 5.41) is 7.05. The number of hydrogen-bond donors (Lipinski definition) is 1. The Balaban J connectivity index is 1.82. The molecule has 0 saturated carbocycles. The third kappa shape index (κ3) is 3.74. The molecular formula is C19H19FN4O. The molecule has 0 aliphatic carbocycles. The van der Waals surface area contributed by atoms with E-state index >= 15 is 0 Å². The summed E-state index contributed by atoms with van der Waals surface area (Å²) in [5.41, 5.74) is 2.48. The smallest absolute Gasteiger partial charge is 0.295 e. The molecule has 0 saturated heterocycles. The Bertz CT molecular complexity index is 900. The molecule has 0 atom stereocenters. The largest absolute Gasteiger partial charge is 0.319 e. The summed E-state index contributed by atoms with van der Waals surface area (Å²) in [4.78, 5) is 16.6. The van der Waals surface area contributed by atoms with Gasteiger partial charge >= 0.3 is 0 Å². The van der Waals surface area contributed by atoms with E-state index in [2.05, 4.69) is 29.2 Å². The summed E-state index contributed by atoms with van der Waals surface area (Å²) in [7, 11) is 0. The summed E-state index contributed by atoms with van der Waals surface area (Å²) in [6.45, 7) is 5.93. The van der Waals surface area contributed by atoms with Crippen molar-refractivity contribution in [2.45, 2.75) is 26.7 Å². The average molecular weight is 338 g/mol. The molecule has 5 nitrogen and oxygen atoms in total. The lowest BCUT2D eigenvalue weighted by Crippen LogP contribution is -2.14. The van der Waals surface area contributed by atoms with Crippen LogP contribution in [-0.2, 0) is 0 Å². The van der Waals surface area contributed by atoms with Crippen LogP contribution in [-0.4, -0.2) is 20.7 Å². The topological polar surface area (TPSA) is 59.8 Å². The standard InChI is InChI=1S/C19H19FN4O/c1-12(2)14-5-4-6-16(11-14)22-19(25)18-21-13(3)24(23-18)17-9-7-15(20)8-10-17/h4-12H,1-3H3,(H,22,25). The minimum atomic E-state index is -0.384. The van der Waals surface area contributed by atoms with E-state index < -0.39 is 0 Å². The molecule has 6 heteroatoms. The highest BCUT2D eigenvalue weighted by Crippen LogP contribution is 2.19. The van der Waals surface area contributed by atoms with Crippen molar-refractivity contribution in [3.63, 3.8) is 0 Å². The number of hydrogen-bond acceptors (Lipinski definition) is 3. The van der Waals surface area contributed by atoms with Gasteiger partial charge in [-0.05, 0) is 54.8 Å². The van der Waals surface area contributed by atoms with E-state index in [9.17, 15) is 9.18 Å². The molecule has 0 bridgehead atoms. The zero-order valence-corrected chi connectivity index (χ0v) is 14.3. The summed E-state index contributed by atoms with van der Waals surface area (Å²) in [6, 6.07) is 13.5. The number of amides is 1. The van der Waals surface area contributed by atoms with Crippen molar-refractivity contribution >= 4 is 11.6 Å². The third-order valence-electron chi connectivity index (χ3n) is 3.85. The molecule has 1 N–H and O–H groups in total. The fraction of sp³-hybridized carbons (Fsp3) is 0.211. The molecule has 0 spiro atoms. The van der Waals surface area contributed by atoms with E-state index in [-0.39, 0.29) is 17.5 Å². The first kappa shape index (κ1) is 16.8. The van der Waals surface area contributed by atoms with Crippen LogP contribution in [0.5, 0.6) is 0 Å². The molecule has 0 aliphatic heterocycles. The first-order valence-electron chi connectivity index (χ1n) is 8.05. The molecule has 0 unspecified atom stereocenters. The first-order chi connectivity index (χ1) is 11.9. The van der Waals surface area contributed by atoms with Gasteiger partial charge in [-0.3, -0.25) is 4.79 Å².